The number of anilines is 1. The second-order valence-electron chi connectivity index (χ2n) is 3.12. The van der Waals surface area contributed by atoms with E-state index in [0.29, 0.717) is 12.1 Å². The zero-order chi connectivity index (χ0) is 11.4. The Bertz CT molecular complexity index is 333. The minimum atomic E-state index is -2.46. The molecule has 1 rings (SSSR count). The van der Waals surface area contributed by atoms with Crippen molar-refractivity contribution >= 4 is 5.82 Å². The van der Waals surface area contributed by atoms with E-state index in [-0.39, 0.29) is 11.6 Å². The van der Waals surface area contributed by atoms with E-state index >= 15 is 0 Å². The van der Waals surface area contributed by atoms with Crippen molar-refractivity contribution in [1.82, 2.24) is 9.97 Å². The Morgan fingerprint density at radius 3 is 2.67 bits per heavy atom. The molecule has 0 saturated carbocycles. The lowest BCUT2D eigenvalue weighted by molar-refractivity contribution is 0.156. The second kappa shape index (κ2) is 4.86. The van der Waals surface area contributed by atoms with Crippen LogP contribution in [0, 0.1) is 0 Å². The fraction of sp³-hybridized carbons (Fsp3) is 0.556. The van der Waals surface area contributed by atoms with Crippen LogP contribution in [0.5, 0.6) is 5.75 Å². The molecule has 84 valence electrons. The Hall–Kier alpha value is -1.46. The predicted molar refractivity (Wildman–Crippen MR) is 52.3 cm³/mol. The molecule has 1 aromatic heterocycles. The smallest absolute Gasteiger partial charge is 0.255 e. The van der Waals surface area contributed by atoms with E-state index in [0.717, 1.165) is 0 Å². The van der Waals surface area contributed by atoms with Crippen LogP contribution in [0.3, 0.4) is 0 Å². The molecule has 0 aliphatic carbocycles. The summed E-state index contributed by atoms with van der Waals surface area (Å²) < 4.78 is 24.2. The fourth-order valence-electron chi connectivity index (χ4n) is 1.24. The Balaban J connectivity index is 2.93. The highest BCUT2D eigenvalue weighted by Gasteiger charge is 2.15. The molecule has 15 heavy (non-hydrogen) atoms. The molecule has 0 unspecified atom stereocenters. The van der Waals surface area contributed by atoms with Gasteiger partial charge in [0.05, 0.1) is 12.2 Å². The topological polar surface area (TPSA) is 49.2 Å². The van der Waals surface area contributed by atoms with Crippen LogP contribution in [-0.4, -0.2) is 35.1 Å². The summed E-state index contributed by atoms with van der Waals surface area (Å²) in [4.78, 5) is 8.82. The molecule has 0 atom stereocenters. The molecule has 1 N–H and O–H groups in total. The standard InChI is InChI=1S/C9H13F2N3O/c1-3-6-8(15)9(13-5-12-6)14(2)4-7(10)11/h5,7,15H,3-4H2,1-2H3. The van der Waals surface area contributed by atoms with Gasteiger partial charge in [-0.25, -0.2) is 18.7 Å². The largest absolute Gasteiger partial charge is 0.503 e. The first-order chi connectivity index (χ1) is 7.06. The van der Waals surface area contributed by atoms with Gasteiger partial charge in [-0.1, -0.05) is 6.92 Å². The van der Waals surface area contributed by atoms with E-state index in [1.807, 2.05) is 6.92 Å². The van der Waals surface area contributed by atoms with Gasteiger partial charge in [0.15, 0.2) is 11.6 Å². The highest BCUT2D eigenvalue weighted by atomic mass is 19.3. The minimum Gasteiger partial charge on any atom is -0.503 e. The van der Waals surface area contributed by atoms with Gasteiger partial charge in [0.2, 0.25) is 0 Å². The van der Waals surface area contributed by atoms with Crippen LogP contribution in [0.4, 0.5) is 14.6 Å². The van der Waals surface area contributed by atoms with Crippen molar-refractivity contribution in [3.63, 3.8) is 0 Å². The van der Waals surface area contributed by atoms with Gasteiger partial charge in [-0.05, 0) is 6.42 Å². The third kappa shape index (κ3) is 2.74. The first-order valence-electron chi connectivity index (χ1n) is 4.58. The molecule has 0 bridgehead atoms. The minimum absolute atomic E-state index is 0.122. The maximum absolute atomic E-state index is 12.1. The lowest BCUT2D eigenvalue weighted by Crippen LogP contribution is -2.25. The van der Waals surface area contributed by atoms with Crippen LogP contribution in [0.15, 0.2) is 6.33 Å². The Morgan fingerprint density at radius 2 is 2.13 bits per heavy atom. The monoisotopic (exact) mass is 217 g/mol. The molecule has 0 radical (unpaired) electrons. The van der Waals surface area contributed by atoms with Crippen molar-refractivity contribution in [2.45, 2.75) is 19.8 Å². The van der Waals surface area contributed by atoms with E-state index in [4.69, 9.17) is 0 Å². The average Bonchev–Trinajstić information content (AvgIpc) is 2.17. The number of hydrogen-bond acceptors (Lipinski definition) is 4. The van der Waals surface area contributed by atoms with E-state index in [9.17, 15) is 13.9 Å². The Morgan fingerprint density at radius 1 is 1.47 bits per heavy atom. The molecule has 0 aliphatic heterocycles. The van der Waals surface area contributed by atoms with Crippen molar-refractivity contribution in [3.05, 3.63) is 12.0 Å². The van der Waals surface area contributed by atoms with Crippen LogP contribution in [0.25, 0.3) is 0 Å². The molecule has 0 spiro atoms. The number of aromatic hydroxyl groups is 1. The fourth-order valence-corrected chi connectivity index (χ4v) is 1.24. The molecule has 4 nitrogen and oxygen atoms in total. The Labute approximate surface area is 86.6 Å². The van der Waals surface area contributed by atoms with Gasteiger partial charge in [-0.2, -0.15) is 0 Å². The molecule has 0 aliphatic rings. The van der Waals surface area contributed by atoms with Gasteiger partial charge < -0.3 is 10.0 Å². The third-order valence-corrected chi connectivity index (χ3v) is 1.99. The van der Waals surface area contributed by atoms with Gasteiger partial charge in [0.25, 0.3) is 6.43 Å². The van der Waals surface area contributed by atoms with Gasteiger partial charge in [-0.3, -0.25) is 0 Å². The molecule has 6 heteroatoms. The molecular formula is C9H13F2N3O. The summed E-state index contributed by atoms with van der Waals surface area (Å²) >= 11 is 0. The second-order valence-corrected chi connectivity index (χ2v) is 3.12. The van der Waals surface area contributed by atoms with Gasteiger partial charge in [0.1, 0.15) is 6.33 Å². The lowest BCUT2D eigenvalue weighted by atomic mass is 10.3. The van der Waals surface area contributed by atoms with E-state index in [2.05, 4.69) is 9.97 Å². The van der Waals surface area contributed by atoms with Crippen molar-refractivity contribution in [3.8, 4) is 5.75 Å². The van der Waals surface area contributed by atoms with Crippen LogP contribution in [0.1, 0.15) is 12.6 Å². The van der Waals surface area contributed by atoms with E-state index in [1.165, 1.54) is 18.3 Å². The van der Waals surface area contributed by atoms with Gasteiger partial charge in [-0.15, -0.1) is 0 Å². The molecule has 0 fully saturated rings. The zero-order valence-electron chi connectivity index (χ0n) is 8.61. The number of hydrogen-bond donors (Lipinski definition) is 1. The molecule has 1 aromatic rings. The van der Waals surface area contributed by atoms with E-state index < -0.39 is 13.0 Å². The summed E-state index contributed by atoms with van der Waals surface area (Å²) in [6.07, 6.45) is -0.672. The summed E-state index contributed by atoms with van der Waals surface area (Å²) in [7, 11) is 1.45. The van der Waals surface area contributed by atoms with Crippen LogP contribution in [-0.2, 0) is 6.42 Å². The van der Waals surface area contributed by atoms with Crippen LogP contribution < -0.4 is 4.90 Å². The van der Waals surface area contributed by atoms with Crippen LogP contribution >= 0.6 is 0 Å². The number of aromatic nitrogens is 2. The van der Waals surface area contributed by atoms with Crippen molar-refractivity contribution in [1.29, 1.82) is 0 Å². The summed E-state index contributed by atoms with van der Waals surface area (Å²) in [5, 5.41) is 9.66. The first-order valence-corrected chi connectivity index (χ1v) is 4.58. The number of halogens is 2. The molecular weight excluding hydrogens is 204 g/mol. The highest BCUT2D eigenvalue weighted by molar-refractivity contribution is 5.52. The normalized spacial score (nSPS) is 10.7. The zero-order valence-corrected chi connectivity index (χ0v) is 8.61. The number of aryl methyl sites for hydroxylation is 1. The number of rotatable bonds is 4. The van der Waals surface area contributed by atoms with Gasteiger partial charge >= 0.3 is 0 Å². The quantitative estimate of drug-likeness (QED) is 0.829. The van der Waals surface area contributed by atoms with E-state index in [1.54, 1.807) is 0 Å². The van der Waals surface area contributed by atoms with Crippen molar-refractivity contribution in [2.75, 3.05) is 18.5 Å². The predicted octanol–water partition coefficient (Wildman–Crippen LogP) is 1.45. The molecule has 1 heterocycles. The summed E-state index contributed by atoms with van der Waals surface area (Å²) in [6, 6.07) is 0. The Kier molecular flexibility index (Phi) is 3.76. The lowest BCUT2D eigenvalue weighted by Gasteiger charge is -2.18. The molecule has 0 amide bonds. The highest BCUT2D eigenvalue weighted by Crippen LogP contribution is 2.26. The first kappa shape index (κ1) is 11.6. The summed E-state index contributed by atoms with van der Waals surface area (Å²) in [5.74, 6) is 0.0188. The van der Waals surface area contributed by atoms with Crippen LogP contribution in [0.2, 0.25) is 0 Å². The maximum atomic E-state index is 12.1. The number of nitrogens with zero attached hydrogens (tertiary/aromatic N) is 3. The summed E-state index contributed by atoms with van der Waals surface area (Å²) in [6.45, 7) is 1.35. The SMILES string of the molecule is CCc1ncnc(N(C)CC(F)F)c1O. The maximum Gasteiger partial charge on any atom is 0.255 e. The van der Waals surface area contributed by atoms with Crippen molar-refractivity contribution < 1.29 is 13.9 Å². The summed E-state index contributed by atoms with van der Waals surface area (Å²) in [5.41, 5.74) is 0.459. The number of alkyl halides is 2. The van der Waals surface area contributed by atoms with Crippen molar-refractivity contribution in [2.24, 2.45) is 0 Å². The molecule has 0 aromatic carbocycles. The molecule has 0 saturated heterocycles. The van der Waals surface area contributed by atoms with Gasteiger partial charge in [0, 0.05) is 7.05 Å². The average molecular weight is 217 g/mol. The third-order valence-electron chi connectivity index (χ3n) is 1.99.